The standard InChI is InChI=1S/C41H50N4O3/c1-7-20-44(21-19-27(2)3)25-28(4)26-45-30(6)29(5)36-22-34(17-18-37(36)45)42-33-15-13-32(14-16-33)41(48)43-35-23-38(46)40(39(47)24-35)31-11-9-8-10-12-31/h8-18,22-24,27-28,42,46-47H,7,19-21,25-26H2,1-6H3,(H,43,48). The number of nitrogens with zero attached hydrogens (tertiary/aromatic N) is 2. The predicted octanol–water partition coefficient (Wildman–Crippen LogP) is 9.73. The maximum absolute atomic E-state index is 13.0. The van der Waals surface area contributed by atoms with Crippen molar-refractivity contribution in [3.63, 3.8) is 0 Å². The van der Waals surface area contributed by atoms with Crippen LogP contribution in [0.15, 0.2) is 84.9 Å². The molecule has 0 fully saturated rings. The summed E-state index contributed by atoms with van der Waals surface area (Å²) >= 11 is 0. The van der Waals surface area contributed by atoms with Crippen molar-refractivity contribution in [3.8, 4) is 22.6 Å². The number of carbonyl (C=O) groups is 1. The van der Waals surface area contributed by atoms with Crippen molar-refractivity contribution in [2.75, 3.05) is 30.3 Å². The van der Waals surface area contributed by atoms with Crippen LogP contribution in [0.5, 0.6) is 11.5 Å². The van der Waals surface area contributed by atoms with Gasteiger partial charge in [0.25, 0.3) is 5.91 Å². The number of carbonyl (C=O) groups excluding carboxylic acids is 1. The number of aromatic nitrogens is 1. The van der Waals surface area contributed by atoms with E-state index in [0.29, 0.717) is 28.3 Å². The van der Waals surface area contributed by atoms with Gasteiger partial charge in [-0.05, 0) is 105 Å². The van der Waals surface area contributed by atoms with E-state index in [2.05, 4.69) is 79.8 Å². The van der Waals surface area contributed by atoms with Crippen molar-refractivity contribution in [2.24, 2.45) is 11.8 Å². The summed E-state index contributed by atoms with van der Waals surface area (Å²) in [4.78, 5) is 15.6. The third-order valence-electron chi connectivity index (χ3n) is 9.12. The van der Waals surface area contributed by atoms with Crippen molar-refractivity contribution in [3.05, 3.63) is 102 Å². The molecule has 0 saturated heterocycles. The van der Waals surface area contributed by atoms with Gasteiger partial charge in [0.15, 0.2) is 0 Å². The van der Waals surface area contributed by atoms with Crippen LogP contribution >= 0.6 is 0 Å². The summed E-state index contributed by atoms with van der Waals surface area (Å²) in [6, 6.07) is 25.8. The zero-order valence-corrected chi connectivity index (χ0v) is 29.2. The molecule has 1 amide bonds. The third kappa shape index (κ3) is 8.20. The number of rotatable bonds is 14. The van der Waals surface area contributed by atoms with Gasteiger partial charge in [-0.3, -0.25) is 4.79 Å². The summed E-state index contributed by atoms with van der Waals surface area (Å²) in [5.41, 5.74) is 7.50. The highest BCUT2D eigenvalue weighted by atomic mass is 16.3. The average molecular weight is 647 g/mol. The molecule has 0 radical (unpaired) electrons. The van der Waals surface area contributed by atoms with Crippen LogP contribution in [0, 0.1) is 25.7 Å². The molecule has 1 atom stereocenters. The van der Waals surface area contributed by atoms with E-state index in [0.717, 1.165) is 36.9 Å². The Bertz CT molecular complexity index is 1820. The number of nitrogens with one attached hydrogen (secondary N) is 2. The molecule has 7 nitrogen and oxygen atoms in total. The molecule has 0 aliphatic rings. The van der Waals surface area contributed by atoms with Gasteiger partial charge < -0.3 is 30.3 Å². The first-order valence-electron chi connectivity index (χ1n) is 17.2. The molecule has 5 aromatic rings. The summed E-state index contributed by atoms with van der Waals surface area (Å²) < 4.78 is 2.48. The van der Waals surface area contributed by atoms with Gasteiger partial charge in [-0.25, -0.2) is 0 Å². The maximum atomic E-state index is 13.0. The van der Waals surface area contributed by atoms with Gasteiger partial charge >= 0.3 is 0 Å². The van der Waals surface area contributed by atoms with E-state index in [1.54, 1.807) is 24.3 Å². The molecule has 4 aromatic carbocycles. The molecule has 0 bridgehead atoms. The molecule has 4 N–H and O–H groups in total. The van der Waals surface area contributed by atoms with Crippen molar-refractivity contribution >= 4 is 33.9 Å². The Morgan fingerprint density at radius 1 is 0.833 bits per heavy atom. The number of aryl methyl sites for hydroxylation is 1. The average Bonchev–Trinajstić information content (AvgIpc) is 3.28. The van der Waals surface area contributed by atoms with E-state index in [4.69, 9.17) is 0 Å². The molecule has 0 saturated carbocycles. The Balaban J connectivity index is 1.24. The SMILES string of the molecule is CCCN(CCC(C)C)CC(C)Cn1c(C)c(C)c2cc(Nc3ccc(C(=O)Nc4cc(O)c(-c5ccccc5)c(O)c4)cc3)ccc21. The zero-order chi connectivity index (χ0) is 34.4. The van der Waals surface area contributed by atoms with E-state index in [1.165, 1.54) is 53.7 Å². The maximum Gasteiger partial charge on any atom is 0.255 e. The van der Waals surface area contributed by atoms with Gasteiger partial charge in [-0.1, -0.05) is 58.0 Å². The highest BCUT2D eigenvalue weighted by Crippen LogP contribution is 2.39. The Morgan fingerprint density at radius 3 is 2.15 bits per heavy atom. The Kier molecular flexibility index (Phi) is 11.1. The van der Waals surface area contributed by atoms with Crippen molar-refractivity contribution < 1.29 is 15.0 Å². The lowest BCUT2D eigenvalue weighted by Gasteiger charge is -2.27. The molecule has 0 spiro atoms. The van der Waals surface area contributed by atoms with Crippen molar-refractivity contribution in [2.45, 2.75) is 60.9 Å². The van der Waals surface area contributed by atoms with E-state index < -0.39 is 0 Å². The molecule has 7 heteroatoms. The van der Waals surface area contributed by atoms with E-state index >= 15 is 0 Å². The van der Waals surface area contributed by atoms with Gasteiger partial charge in [0.05, 0.1) is 5.56 Å². The van der Waals surface area contributed by atoms with Gasteiger partial charge in [0.2, 0.25) is 0 Å². The molecule has 1 aromatic heterocycles. The van der Waals surface area contributed by atoms with Crippen LogP contribution in [0.25, 0.3) is 22.0 Å². The fourth-order valence-electron chi connectivity index (χ4n) is 6.48. The largest absolute Gasteiger partial charge is 0.507 e. The quantitative estimate of drug-likeness (QED) is 0.0965. The first kappa shape index (κ1) is 34.6. The Morgan fingerprint density at radius 2 is 1.50 bits per heavy atom. The van der Waals surface area contributed by atoms with Gasteiger partial charge in [0.1, 0.15) is 11.5 Å². The minimum absolute atomic E-state index is 0.112. The van der Waals surface area contributed by atoms with Gasteiger partial charge in [-0.15, -0.1) is 0 Å². The van der Waals surface area contributed by atoms with Crippen LogP contribution < -0.4 is 10.6 Å². The lowest BCUT2D eigenvalue weighted by molar-refractivity contribution is 0.102. The van der Waals surface area contributed by atoms with Crippen LogP contribution in [-0.2, 0) is 6.54 Å². The molecule has 0 aliphatic heterocycles. The number of fused-ring (bicyclic) bond motifs is 1. The van der Waals surface area contributed by atoms with E-state index in [9.17, 15) is 15.0 Å². The van der Waals surface area contributed by atoms with Crippen LogP contribution in [0.4, 0.5) is 17.1 Å². The number of anilines is 3. The van der Waals surface area contributed by atoms with Crippen LogP contribution in [-0.4, -0.2) is 45.2 Å². The summed E-state index contributed by atoms with van der Waals surface area (Å²) in [7, 11) is 0. The zero-order valence-electron chi connectivity index (χ0n) is 29.2. The van der Waals surface area contributed by atoms with Crippen molar-refractivity contribution in [1.29, 1.82) is 0 Å². The topological polar surface area (TPSA) is 89.8 Å². The predicted molar refractivity (Wildman–Crippen MR) is 200 cm³/mol. The molecular weight excluding hydrogens is 596 g/mol. The monoisotopic (exact) mass is 646 g/mol. The van der Waals surface area contributed by atoms with Crippen LogP contribution in [0.2, 0.25) is 0 Å². The minimum atomic E-state index is -0.339. The second-order valence-electron chi connectivity index (χ2n) is 13.6. The molecular formula is C41H50N4O3. The smallest absolute Gasteiger partial charge is 0.255 e. The Labute approximate surface area is 285 Å². The second kappa shape index (κ2) is 15.4. The van der Waals surface area contributed by atoms with Crippen molar-refractivity contribution in [1.82, 2.24) is 9.47 Å². The lowest BCUT2D eigenvalue weighted by atomic mass is 10.0. The molecule has 48 heavy (non-hydrogen) atoms. The van der Waals surface area contributed by atoms with Crippen LogP contribution in [0.1, 0.15) is 62.2 Å². The van der Waals surface area contributed by atoms with E-state index in [-0.39, 0.29) is 17.4 Å². The number of hydrogen-bond acceptors (Lipinski definition) is 5. The first-order chi connectivity index (χ1) is 23.0. The molecule has 1 heterocycles. The first-order valence-corrected chi connectivity index (χ1v) is 17.2. The molecule has 0 aliphatic carbocycles. The Hall–Kier alpha value is -4.75. The highest BCUT2D eigenvalue weighted by Gasteiger charge is 2.17. The number of hydrogen-bond donors (Lipinski definition) is 4. The highest BCUT2D eigenvalue weighted by molar-refractivity contribution is 6.05. The van der Waals surface area contributed by atoms with E-state index in [1.807, 2.05) is 30.3 Å². The fourth-order valence-corrected chi connectivity index (χ4v) is 6.48. The van der Waals surface area contributed by atoms with Gasteiger partial charge in [0, 0.05) is 64.4 Å². The molecule has 1 unspecified atom stereocenters. The summed E-state index contributed by atoms with van der Waals surface area (Å²) in [5, 5.41) is 28.7. The number of phenolic OH excluding ortho intramolecular Hbond substituents is 2. The van der Waals surface area contributed by atoms with Gasteiger partial charge in [-0.2, -0.15) is 0 Å². The summed E-state index contributed by atoms with van der Waals surface area (Å²) in [6.07, 6.45) is 2.42. The number of amides is 1. The summed E-state index contributed by atoms with van der Waals surface area (Å²) in [6.45, 7) is 18.1. The number of aromatic hydroxyl groups is 2. The number of phenols is 2. The minimum Gasteiger partial charge on any atom is -0.507 e. The number of benzene rings is 4. The molecule has 252 valence electrons. The normalized spacial score (nSPS) is 12.2. The fraction of sp³-hybridized carbons (Fsp3) is 0.341. The second-order valence-corrected chi connectivity index (χ2v) is 13.6. The van der Waals surface area contributed by atoms with Crippen LogP contribution in [0.3, 0.4) is 0 Å². The molecule has 5 rings (SSSR count). The third-order valence-corrected chi connectivity index (χ3v) is 9.12. The lowest BCUT2D eigenvalue weighted by Crippen LogP contribution is -2.32. The summed E-state index contributed by atoms with van der Waals surface area (Å²) in [5.74, 6) is 0.697.